The third-order valence-corrected chi connectivity index (χ3v) is 12.3. The lowest BCUT2D eigenvalue weighted by Crippen LogP contribution is -2.33. The Bertz CT molecular complexity index is 2720. The van der Waals surface area contributed by atoms with E-state index < -0.39 is 6.04 Å². The number of aromatic nitrogens is 3. The number of carbonyl (C=O) groups excluding carboxylic acids is 1. The van der Waals surface area contributed by atoms with Gasteiger partial charge in [-0.15, -0.1) is 0 Å². The largest absolute Gasteiger partial charge is 0.497 e. The molecule has 0 spiro atoms. The standard InChI is InChI=1S/C55H57F2N7O4/c1-36-9-15-41(16-10-36)51(42-19-17-40(18-20-42)39-7-5-4-6-8-39)60-50(65)35-68-46-27-21-43(22-28-46)52(48-30-29-47(66-2)33-49(48)67-3)61-55-63-53(58-32-31-37-11-23-44(56)24-12-37)62-54(64-55)59-34-38-13-25-45(57)26-14-38/h9-30,33,39,51-52H,4-8,31-32,34-35H2,1-3H3,(H,60,65)(H3,58,59,61,62,63,64). The lowest BCUT2D eigenvalue weighted by Gasteiger charge is -2.24. The fourth-order valence-corrected chi connectivity index (χ4v) is 8.50. The number of carbonyl (C=O) groups is 1. The summed E-state index contributed by atoms with van der Waals surface area (Å²) in [5, 5.41) is 13.3. The number of nitrogens with one attached hydrogen (secondary N) is 4. The average molecular weight is 918 g/mol. The summed E-state index contributed by atoms with van der Waals surface area (Å²) >= 11 is 0. The average Bonchev–Trinajstić information content (AvgIpc) is 3.37. The Morgan fingerprint density at radius 3 is 1.85 bits per heavy atom. The Kier molecular flexibility index (Phi) is 15.7. The summed E-state index contributed by atoms with van der Waals surface area (Å²) in [4.78, 5) is 27.8. The predicted molar refractivity (Wildman–Crippen MR) is 263 cm³/mol. The molecule has 13 heteroatoms. The third-order valence-electron chi connectivity index (χ3n) is 12.3. The van der Waals surface area contributed by atoms with Crippen molar-refractivity contribution in [1.82, 2.24) is 20.3 Å². The molecular formula is C55H57F2N7O4. The summed E-state index contributed by atoms with van der Waals surface area (Å²) in [7, 11) is 3.19. The lowest BCUT2D eigenvalue weighted by atomic mass is 9.83. The van der Waals surface area contributed by atoms with Gasteiger partial charge in [0.15, 0.2) is 6.61 Å². The van der Waals surface area contributed by atoms with Crippen LogP contribution in [0.1, 0.15) is 94.6 Å². The second-order valence-electron chi connectivity index (χ2n) is 17.0. The monoisotopic (exact) mass is 917 g/mol. The van der Waals surface area contributed by atoms with Gasteiger partial charge in [0.1, 0.15) is 28.9 Å². The van der Waals surface area contributed by atoms with Crippen molar-refractivity contribution < 1.29 is 27.8 Å². The van der Waals surface area contributed by atoms with Crippen LogP contribution < -0.4 is 35.5 Å². The molecule has 1 aromatic heterocycles. The molecule has 6 aromatic carbocycles. The van der Waals surface area contributed by atoms with Crippen LogP contribution >= 0.6 is 0 Å². The quantitative estimate of drug-likeness (QED) is 0.0586. The topological polar surface area (TPSA) is 132 Å². The van der Waals surface area contributed by atoms with Gasteiger partial charge < -0.3 is 35.5 Å². The predicted octanol–water partition coefficient (Wildman–Crippen LogP) is 11.3. The minimum absolute atomic E-state index is 0.189. The Balaban J connectivity index is 1.01. The molecule has 11 nitrogen and oxygen atoms in total. The van der Waals surface area contributed by atoms with Crippen molar-refractivity contribution in [2.75, 3.05) is 43.3 Å². The van der Waals surface area contributed by atoms with E-state index in [0.717, 1.165) is 38.9 Å². The van der Waals surface area contributed by atoms with Crippen molar-refractivity contribution in [3.05, 3.63) is 196 Å². The van der Waals surface area contributed by atoms with Crippen molar-refractivity contribution >= 4 is 23.8 Å². The molecule has 1 fully saturated rings. The molecule has 68 heavy (non-hydrogen) atoms. The van der Waals surface area contributed by atoms with Crippen LogP contribution in [0.3, 0.4) is 0 Å². The van der Waals surface area contributed by atoms with Crippen molar-refractivity contribution in [1.29, 1.82) is 0 Å². The second kappa shape index (κ2) is 22.8. The van der Waals surface area contributed by atoms with E-state index in [-0.39, 0.29) is 42.1 Å². The number of nitrogens with zero attached hydrogens (tertiary/aromatic N) is 3. The summed E-state index contributed by atoms with van der Waals surface area (Å²) < 4.78 is 44.8. The molecule has 1 aliphatic rings. The van der Waals surface area contributed by atoms with Crippen LogP contribution in [-0.4, -0.2) is 48.2 Å². The first-order valence-corrected chi connectivity index (χ1v) is 23.1. The Morgan fingerprint density at radius 1 is 0.632 bits per heavy atom. The van der Waals surface area contributed by atoms with Gasteiger partial charge in [-0.05, 0) is 114 Å². The van der Waals surface area contributed by atoms with Crippen molar-refractivity contribution in [2.45, 2.75) is 70.0 Å². The molecule has 0 radical (unpaired) electrons. The molecule has 1 saturated carbocycles. The molecule has 1 aliphatic carbocycles. The zero-order valence-electron chi connectivity index (χ0n) is 38.6. The molecule has 4 N–H and O–H groups in total. The summed E-state index contributed by atoms with van der Waals surface area (Å²) in [5.41, 5.74) is 7.87. The second-order valence-corrected chi connectivity index (χ2v) is 17.0. The fourth-order valence-electron chi connectivity index (χ4n) is 8.50. The van der Waals surface area contributed by atoms with E-state index in [9.17, 15) is 13.6 Å². The van der Waals surface area contributed by atoms with Crippen LogP contribution in [0, 0.1) is 18.6 Å². The van der Waals surface area contributed by atoms with E-state index in [2.05, 4.69) is 81.7 Å². The van der Waals surface area contributed by atoms with Gasteiger partial charge in [0, 0.05) is 24.7 Å². The highest BCUT2D eigenvalue weighted by Crippen LogP contribution is 2.37. The maximum Gasteiger partial charge on any atom is 0.258 e. The van der Waals surface area contributed by atoms with E-state index in [1.807, 2.05) is 36.4 Å². The summed E-state index contributed by atoms with van der Waals surface area (Å²) in [6.07, 6.45) is 6.90. The van der Waals surface area contributed by atoms with E-state index in [1.54, 1.807) is 44.6 Å². The lowest BCUT2D eigenvalue weighted by molar-refractivity contribution is -0.123. The molecule has 350 valence electrons. The first kappa shape index (κ1) is 47.0. The zero-order valence-corrected chi connectivity index (χ0v) is 38.6. The van der Waals surface area contributed by atoms with Gasteiger partial charge in [0.25, 0.3) is 5.91 Å². The van der Waals surface area contributed by atoms with Gasteiger partial charge in [-0.3, -0.25) is 4.79 Å². The number of halogens is 2. The normalized spacial score (nSPS) is 13.5. The Morgan fingerprint density at radius 2 is 1.21 bits per heavy atom. The number of amides is 1. The van der Waals surface area contributed by atoms with Gasteiger partial charge in [-0.2, -0.15) is 15.0 Å². The smallest absolute Gasteiger partial charge is 0.258 e. The first-order valence-electron chi connectivity index (χ1n) is 23.1. The molecule has 0 bridgehead atoms. The highest BCUT2D eigenvalue weighted by atomic mass is 19.1. The Hall–Kier alpha value is -7.54. The number of rotatable bonds is 20. The van der Waals surface area contributed by atoms with Crippen LogP contribution in [0.15, 0.2) is 140 Å². The molecule has 1 heterocycles. The van der Waals surface area contributed by atoms with E-state index in [1.165, 1.54) is 61.9 Å². The fraction of sp³-hybridized carbons (Fsp3) is 0.273. The number of aryl methyl sites for hydroxylation is 1. The van der Waals surface area contributed by atoms with Crippen LogP contribution in [0.5, 0.6) is 17.2 Å². The van der Waals surface area contributed by atoms with Crippen molar-refractivity contribution in [2.24, 2.45) is 0 Å². The van der Waals surface area contributed by atoms with E-state index in [0.29, 0.717) is 48.6 Å². The zero-order chi connectivity index (χ0) is 47.2. The van der Waals surface area contributed by atoms with Gasteiger partial charge in [-0.25, -0.2) is 8.78 Å². The minimum atomic E-state index is -0.563. The number of methoxy groups -OCH3 is 2. The van der Waals surface area contributed by atoms with Gasteiger partial charge in [-0.1, -0.05) is 110 Å². The third kappa shape index (κ3) is 12.7. The van der Waals surface area contributed by atoms with Gasteiger partial charge in [0.2, 0.25) is 17.8 Å². The number of hydrogen-bond donors (Lipinski definition) is 4. The number of benzene rings is 6. The van der Waals surface area contributed by atoms with Crippen molar-refractivity contribution in [3.63, 3.8) is 0 Å². The first-order chi connectivity index (χ1) is 33.2. The highest BCUT2D eigenvalue weighted by Gasteiger charge is 2.23. The molecular weight excluding hydrogens is 861 g/mol. The molecule has 0 aliphatic heterocycles. The molecule has 1 amide bonds. The summed E-state index contributed by atoms with van der Waals surface area (Å²) in [6, 6.07) is 41.6. The minimum Gasteiger partial charge on any atom is -0.497 e. The van der Waals surface area contributed by atoms with Crippen LogP contribution in [0.25, 0.3) is 0 Å². The van der Waals surface area contributed by atoms with Crippen LogP contribution in [0.2, 0.25) is 0 Å². The molecule has 2 atom stereocenters. The molecule has 2 unspecified atom stereocenters. The molecule has 7 aromatic rings. The van der Waals surface area contributed by atoms with Crippen LogP contribution in [-0.2, 0) is 17.8 Å². The van der Waals surface area contributed by atoms with Gasteiger partial charge in [0.05, 0.1) is 26.3 Å². The maximum atomic E-state index is 13.7. The highest BCUT2D eigenvalue weighted by molar-refractivity contribution is 5.78. The maximum absolute atomic E-state index is 13.7. The van der Waals surface area contributed by atoms with Gasteiger partial charge >= 0.3 is 0 Å². The number of anilines is 3. The molecule has 8 rings (SSSR count). The van der Waals surface area contributed by atoms with Crippen LogP contribution in [0.4, 0.5) is 26.6 Å². The van der Waals surface area contributed by atoms with E-state index >= 15 is 0 Å². The Labute approximate surface area is 396 Å². The summed E-state index contributed by atoms with van der Waals surface area (Å²) in [5.74, 6) is 2.23. The van der Waals surface area contributed by atoms with E-state index in [4.69, 9.17) is 24.2 Å². The molecule has 0 saturated heterocycles. The summed E-state index contributed by atoms with van der Waals surface area (Å²) in [6.45, 7) is 2.65. The number of ether oxygens (including phenoxy) is 3. The van der Waals surface area contributed by atoms with Crippen molar-refractivity contribution in [3.8, 4) is 17.2 Å². The number of hydrogen-bond acceptors (Lipinski definition) is 10. The SMILES string of the molecule is COc1ccc(C(Nc2nc(NCCc3ccc(F)cc3)nc(NCc3ccc(F)cc3)n2)c2ccc(OCC(=O)NC(c3ccc(C)cc3)c3ccc(C4CCCCC4)cc3)cc2)c(OC)c1.